The second-order valence-corrected chi connectivity index (χ2v) is 3.72. The molecule has 0 aliphatic rings. The van der Waals surface area contributed by atoms with Gasteiger partial charge in [-0.25, -0.2) is 9.97 Å². The Balaban J connectivity index is 1.97. The Hall–Kier alpha value is -1.80. The summed E-state index contributed by atoms with van der Waals surface area (Å²) in [6.07, 6.45) is 4.69. The summed E-state index contributed by atoms with van der Waals surface area (Å²) in [6.45, 7) is 0. The van der Waals surface area contributed by atoms with Crippen LogP contribution in [0.1, 0.15) is 11.5 Å². The Morgan fingerprint density at radius 1 is 1.40 bits per heavy atom. The van der Waals surface area contributed by atoms with Gasteiger partial charge in [0, 0.05) is 0 Å². The highest BCUT2D eigenvalue weighted by molar-refractivity contribution is 7.98. The zero-order chi connectivity index (χ0) is 10.5. The van der Waals surface area contributed by atoms with Gasteiger partial charge in [-0.2, -0.15) is 5.26 Å². The molecule has 2 heterocycles. The Bertz CT molecular complexity index is 458. The van der Waals surface area contributed by atoms with E-state index in [1.165, 1.54) is 18.0 Å². The molecule has 0 N–H and O–H groups in total. The van der Waals surface area contributed by atoms with E-state index in [0.717, 1.165) is 10.8 Å². The molecule has 0 aromatic carbocycles. The topological polar surface area (TPSA) is 62.7 Å². The molecule has 5 heteroatoms. The van der Waals surface area contributed by atoms with Crippen LogP contribution < -0.4 is 0 Å². The molecule has 0 radical (unpaired) electrons. The molecule has 0 bridgehead atoms. The standard InChI is InChI=1S/C10H7N3OS/c11-4-8-5-13-10(6-12-8)15-7-9-2-1-3-14-9/h1-3,5-6H,7H2. The predicted octanol–water partition coefficient (Wildman–Crippen LogP) is 2.23. The van der Waals surface area contributed by atoms with Crippen LogP contribution in [0.5, 0.6) is 0 Å². The van der Waals surface area contributed by atoms with E-state index in [0.29, 0.717) is 11.4 Å². The molecule has 2 aromatic rings. The van der Waals surface area contributed by atoms with Crippen LogP contribution in [0.3, 0.4) is 0 Å². The minimum atomic E-state index is 0.331. The van der Waals surface area contributed by atoms with Crippen molar-refractivity contribution in [1.82, 2.24) is 9.97 Å². The van der Waals surface area contributed by atoms with Crippen LogP contribution in [-0.4, -0.2) is 9.97 Å². The summed E-state index contributed by atoms with van der Waals surface area (Å²) in [4.78, 5) is 8.01. The van der Waals surface area contributed by atoms with E-state index in [-0.39, 0.29) is 0 Å². The fourth-order valence-corrected chi connectivity index (χ4v) is 1.70. The molecule has 0 aliphatic heterocycles. The molecule has 4 nitrogen and oxygen atoms in total. The SMILES string of the molecule is N#Cc1cnc(SCc2ccco2)cn1. The van der Waals surface area contributed by atoms with Crippen LogP contribution in [-0.2, 0) is 5.75 Å². The van der Waals surface area contributed by atoms with Gasteiger partial charge in [0.2, 0.25) is 0 Å². The monoisotopic (exact) mass is 217 g/mol. The average Bonchev–Trinajstić information content (AvgIpc) is 2.80. The van der Waals surface area contributed by atoms with Crippen molar-refractivity contribution < 1.29 is 4.42 Å². The first-order chi connectivity index (χ1) is 7.38. The molecule has 0 saturated carbocycles. The highest BCUT2D eigenvalue weighted by Gasteiger charge is 2.00. The van der Waals surface area contributed by atoms with Crippen molar-refractivity contribution in [3.63, 3.8) is 0 Å². The summed E-state index contributed by atoms with van der Waals surface area (Å²) in [7, 11) is 0. The van der Waals surface area contributed by atoms with Gasteiger partial charge < -0.3 is 4.42 Å². The fourth-order valence-electron chi connectivity index (χ4n) is 0.988. The van der Waals surface area contributed by atoms with E-state index in [2.05, 4.69) is 9.97 Å². The van der Waals surface area contributed by atoms with Gasteiger partial charge in [0.1, 0.15) is 16.9 Å². The number of aromatic nitrogens is 2. The Kier molecular flexibility index (Phi) is 3.00. The molecule has 74 valence electrons. The van der Waals surface area contributed by atoms with E-state index in [1.54, 1.807) is 12.5 Å². The molecular weight excluding hydrogens is 210 g/mol. The Morgan fingerprint density at radius 2 is 2.33 bits per heavy atom. The van der Waals surface area contributed by atoms with E-state index < -0.39 is 0 Å². The number of hydrogen-bond acceptors (Lipinski definition) is 5. The van der Waals surface area contributed by atoms with Crippen molar-refractivity contribution in [2.45, 2.75) is 10.8 Å². The maximum atomic E-state index is 8.53. The lowest BCUT2D eigenvalue weighted by Gasteiger charge is -1.97. The third-order valence-electron chi connectivity index (χ3n) is 1.69. The fraction of sp³-hybridized carbons (Fsp3) is 0.100. The average molecular weight is 217 g/mol. The van der Waals surface area contributed by atoms with Gasteiger partial charge in [-0.05, 0) is 12.1 Å². The molecule has 0 fully saturated rings. The third kappa shape index (κ3) is 2.58. The number of thioether (sulfide) groups is 1. The molecular formula is C10H7N3OS. The Morgan fingerprint density at radius 3 is 2.93 bits per heavy atom. The molecule has 0 aliphatic carbocycles. The first-order valence-corrected chi connectivity index (χ1v) is 5.24. The van der Waals surface area contributed by atoms with E-state index in [9.17, 15) is 0 Å². The largest absolute Gasteiger partial charge is 0.468 e. The van der Waals surface area contributed by atoms with Crippen molar-refractivity contribution in [1.29, 1.82) is 5.26 Å². The molecule has 2 rings (SSSR count). The normalized spacial score (nSPS) is 9.80. The van der Waals surface area contributed by atoms with Gasteiger partial charge >= 0.3 is 0 Å². The summed E-state index contributed by atoms with van der Waals surface area (Å²) in [5.74, 6) is 1.61. The van der Waals surface area contributed by atoms with Gasteiger partial charge in [-0.15, -0.1) is 0 Å². The molecule has 0 spiro atoms. The molecule has 0 amide bonds. The minimum absolute atomic E-state index is 0.331. The summed E-state index contributed by atoms with van der Waals surface area (Å²) in [5, 5.41) is 9.32. The number of nitriles is 1. The lowest BCUT2D eigenvalue weighted by Crippen LogP contribution is -1.87. The zero-order valence-electron chi connectivity index (χ0n) is 7.75. The number of rotatable bonds is 3. The van der Waals surface area contributed by atoms with Gasteiger partial charge in [0.05, 0.1) is 24.4 Å². The summed E-state index contributed by atoms with van der Waals surface area (Å²) in [5.41, 5.74) is 0.331. The molecule has 0 unspecified atom stereocenters. The second kappa shape index (κ2) is 4.62. The summed E-state index contributed by atoms with van der Waals surface area (Å²) in [6, 6.07) is 5.68. The predicted molar refractivity (Wildman–Crippen MR) is 55.0 cm³/mol. The van der Waals surface area contributed by atoms with Gasteiger partial charge in [0.25, 0.3) is 0 Å². The first-order valence-electron chi connectivity index (χ1n) is 4.26. The van der Waals surface area contributed by atoms with Crippen LogP contribution in [0, 0.1) is 11.3 Å². The van der Waals surface area contributed by atoms with Crippen LogP contribution in [0.25, 0.3) is 0 Å². The molecule has 2 aromatic heterocycles. The van der Waals surface area contributed by atoms with Crippen LogP contribution >= 0.6 is 11.8 Å². The zero-order valence-corrected chi connectivity index (χ0v) is 8.57. The van der Waals surface area contributed by atoms with Crippen LogP contribution in [0.2, 0.25) is 0 Å². The molecule has 0 atom stereocenters. The molecule has 15 heavy (non-hydrogen) atoms. The van der Waals surface area contributed by atoms with E-state index in [4.69, 9.17) is 9.68 Å². The van der Waals surface area contributed by atoms with Crippen molar-refractivity contribution in [3.05, 3.63) is 42.2 Å². The van der Waals surface area contributed by atoms with Crippen molar-refractivity contribution in [3.8, 4) is 6.07 Å². The first kappa shape index (κ1) is 9.74. The lowest BCUT2D eigenvalue weighted by atomic mass is 10.5. The van der Waals surface area contributed by atoms with Gasteiger partial charge in [0.15, 0.2) is 5.69 Å². The minimum Gasteiger partial charge on any atom is -0.468 e. The Labute approximate surface area is 91.0 Å². The van der Waals surface area contributed by atoms with E-state index in [1.807, 2.05) is 18.2 Å². The quantitative estimate of drug-likeness (QED) is 0.738. The van der Waals surface area contributed by atoms with Crippen molar-refractivity contribution in [2.24, 2.45) is 0 Å². The maximum absolute atomic E-state index is 8.53. The third-order valence-corrected chi connectivity index (χ3v) is 2.62. The number of hydrogen-bond donors (Lipinski definition) is 0. The lowest BCUT2D eigenvalue weighted by molar-refractivity contribution is 0.530. The maximum Gasteiger partial charge on any atom is 0.158 e. The van der Waals surface area contributed by atoms with E-state index >= 15 is 0 Å². The van der Waals surface area contributed by atoms with Crippen molar-refractivity contribution in [2.75, 3.05) is 0 Å². The smallest absolute Gasteiger partial charge is 0.158 e. The van der Waals surface area contributed by atoms with Crippen LogP contribution in [0.4, 0.5) is 0 Å². The van der Waals surface area contributed by atoms with Crippen LogP contribution in [0.15, 0.2) is 40.2 Å². The molecule has 0 saturated heterocycles. The second-order valence-electron chi connectivity index (χ2n) is 2.72. The number of nitrogens with zero attached hydrogens (tertiary/aromatic N) is 3. The summed E-state index contributed by atoms with van der Waals surface area (Å²) >= 11 is 1.52. The summed E-state index contributed by atoms with van der Waals surface area (Å²) < 4.78 is 5.18. The van der Waals surface area contributed by atoms with Gasteiger partial charge in [-0.3, -0.25) is 0 Å². The highest BCUT2D eigenvalue weighted by atomic mass is 32.2. The number of furan rings is 1. The van der Waals surface area contributed by atoms with Gasteiger partial charge in [-0.1, -0.05) is 11.8 Å². The highest BCUT2D eigenvalue weighted by Crippen LogP contribution is 2.19. The van der Waals surface area contributed by atoms with Crippen molar-refractivity contribution >= 4 is 11.8 Å².